The smallest absolute Gasteiger partial charge is 0.255 e. The maximum absolute atomic E-state index is 13.1. The van der Waals surface area contributed by atoms with E-state index in [1.54, 1.807) is 7.11 Å². The third-order valence-corrected chi connectivity index (χ3v) is 6.56. The zero-order valence-electron chi connectivity index (χ0n) is 17.3. The molecule has 0 aliphatic carbocycles. The molecule has 2 atom stereocenters. The van der Waals surface area contributed by atoms with Gasteiger partial charge in [0, 0.05) is 37.9 Å². The first kappa shape index (κ1) is 19.8. The Morgan fingerprint density at radius 3 is 2.69 bits per heavy atom. The van der Waals surface area contributed by atoms with E-state index in [0.29, 0.717) is 30.7 Å². The van der Waals surface area contributed by atoms with Crippen molar-refractivity contribution in [1.82, 2.24) is 14.8 Å². The molecule has 1 aromatic carbocycles. The molecule has 2 fully saturated rings. The number of benzene rings is 1. The van der Waals surface area contributed by atoms with E-state index in [0.717, 1.165) is 31.6 Å². The van der Waals surface area contributed by atoms with Crippen LogP contribution in [0.3, 0.4) is 0 Å². The number of carbonyl (C=O) groups is 1. The van der Waals surface area contributed by atoms with Gasteiger partial charge in [-0.25, -0.2) is 4.98 Å². The molecule has 5 nitrogen and oxygen atoms in total. The van der Waals surface area contributed by atoms with Crippen LogP contribution in [0.2, 0.25) is 0 Å². The molecule has 1 amide bonds. The zero-order valence-corrected chi connectivity index (χ0v) is 17.3. The molecule has 3 heterocycles. The number of carbonyl (C=O) groups excluding carboxylic acids is 1. The zero-order chi connectivity index (χ0) is 20.5. The van der Waals surface area contributed by atoms with Crippen LogP contribution in [0, 0.1) is 19.8 Å². The van der Waals surface area contributed by atoms with Gasteiger partial charge in [-0.15, -0.1) is 0 Å². The minimum atomic E-state index is -0.563. The molecular formula is C23H28FN3O2. The van der Waals surface area contributed by atoms with Crippen LogP contribution in [0.1, 0.15) is 52.4 Å². The second-order valence-corrected chi connectivity index (χ2v) is 8.07. The van der Waals surface area contributed by atoms with Crippen LogP contribution >= 0.6 is 0 Å². The number of halogens is 1. The van der Waals surface area contributed by atoms with Crippen LogP contribution in [-0.4, -0.2) is 53.5 Å². The van der Waals surface area contributed by atoms with Crippen LogP contribution in [-0.2, 0) is 0 Å². The molecule has 0 N–H and O–H groups in total. The maximum Gasteiger partial charge on any atom is 0.255 e. The SMILES string of the molecule is COc1ccc([C@H]2CCC[C@H]3CN(C(=O)c4ccc(F)nc4)CCN32)c(C)c1C. The Morgan fingerprint density at radius 1 is 1.14 bits per heavy atom. The van der Waals surface area contributed by atoms with Crippen molar-refractivity contribution in [1.29, 1.82) is 0 Å². The summed E-state index contributed by atoms with van der Waals surface area (Å²) in [6, 6.07) is 7.77. The lowest BCUT2D eigenvalue weighted by Crippen LogP contribution is -2.57. The molecule has 0 unspecified atom stereocenters. The Balaban J connectivity index is 1.52. The summed E-state index contributed by atoms with van der Waals surface area (Å²) in [4.78, 5) is 20.9. The molecule has 29 heavy (non-hydrogen) atoms. The van der Waals surface area contributed by atoms with Crippen LogP contribution in [0.5, 0.6) is 5.75 Å². The minimum Gasteiger partial charge on any atom is -0.496 e. The summed E-state index contributed by atoms with van der Waals surface area (Å²) in [5, 5.41) is 0. The van der Waals surface area contributed by atoms with Crippen molar-refractivity contribution >= 4 is 5.91 Å². The Bertz CT molecular complexity index is 900. The van der Waals surface area contributed by atoms with Crippen molar-refractivity contribution < 1.29 is 13.9 Å². The second kappa shape index (κ2) is 8.11. The number of ether oxygens (including phenoxy) is 1. The Hall–Kier alpha value is -2.47. The summed E-state index contributed by atoms with van der Waals surface area (Å²) < 4.78 is 18.6. The van der Waals surface area contributed by atoms with Gasteiger partial charge in [-0.2, -0.15) is 4.39 Å². The molecule has 2 aliphatic rings. The van der Waals surface area contributed by atoms with Gasteiger partial charge in [0.05, 0.1) is 12.7 Å². The average molecular weight is 397 g/mol. The number of piperidine rings is 1. The van der Waals surface area contributed by atoms with E-state index in [-0.39, 0.29) is 5.91 Å². The van der Waals surface area contributed by atoms with Crippen molar-refractivity contribution in [2.45, 2.75) is 45.2 Å². The lowest BCUT2D eigenvalue weighted by atomic mass is 9.86. The topological polar surface area (TPSA) is 45.7 Å². The van der Waals surface area contributed by atoms with Crippen molar-refractivity contribution in [3.8, 4) is 5.75 Å². The molecule has 0 saturated carbocycles. The summed E-state index contributed by atoms with van der Waals surface area (Å²) in [5.41, 5.74) is 4.32. The van der Waals surface area contributed by atoms with Gasteiger partial charge in [0.15, 0.2) is 0 Å². The number of pyridine rings is 1. The summed E-state index contributed by atoms with van der Waals surface area (Å²) in [6.07, 6.45) is 4.71. The summed E-state index contributed by atoms with van der Waals surface area (Å²) in [6.45, 7) is 6.53. The first-order valence-corrected chi connectivity index (χ1v) is 10.3. The monoisotopic (exact) mass is 397 g/mol. The van der Waals surface area contributed by atoms with Gasteiger partial charge in [0.2, 0.25) is 5.95 Å². The number of hydrogen-bond acceptors (Lipinski definition) is 4. The number of methoxy groups -OCH3 is 1. The van der Waals surface area contributed by atoms with Gasteiger partial charge in [-0.3, -0.25) is 9.69 Å². The lowest BCUT2D eigenvalue weighted by Gasteiger charge is -2.48. The third kappa shape index (κ3) is 3.73. The van der Waals surface area contributed by atoms with Gasteiger partial charge in [-0.1, -0.05) is 6.07 Å². The van der Waals surface area contributed by atoms with Crippen molar-refractivity contribution in [2.75, 3.05) is 26.7 Å². The minimum absolute atomic E-state index is 0.0595. The normalized spacial score (nSPS) is 22.3. The van der Waals surface area contributed by atoms with Crippen LogP contribution in [0.15, 0.2) is 30.5 Å². The van der Waals surface area contributed by atoms with E-state index in [1.165, 1.54) is 35.0 Å². The molecule has 2 aromatic rings. The number of fused-ring (bicyclic) bond motifs is 1. The Kier molecular flexibility index (Phi) is 5.54. The Morgan fingerprint density at radius 2 is 1.97 bits per heavy atom. The first-order chi connectivity index (χ1) is 14.0. The predicted molar refractivity (Wildman–Crippen MR) is 110 cm³/mol. The van der Waals surface area contributed by atoms with Gasteiger partial charge in [-0.05, 0) is 68.0 Å². The highest BCUT2D eigenvalue weighted by Gasteiger charge is 2.37. The van der Waals surface area contributed by atoms with Crippen LogP contribution in [0.4, 0.5) is 4.39 Å². The molecule has 4 rings (SSSR count). The highest BCUT2D eigenvalue weighted by atomic mass is 19.1. The number of rotatable bonds is 3. The number of aromatic nitrogens is 1. The lowest BCUT2D eigenvalue weighted by molar-refractivity contribution is 0.0101. The molecule has 6 heteroatoms. The van der Waals surface area contributed by atoms with E-state index in [9.17, 15) is 9.18 Å². The average Bonchev–Trinajstić information content (AvgIpc) is 2.75. The molecule has 0 radical (unpaired) electrons. The van der Waals surface area contributed by atoms with Crippen LogP contribution < -0.4 is 4.74 Å². The third-order valence-electron chi connectivity index (χ3n) is 6.56. The predicted octanol–water partition coefficient (Wildman–Crippen LogP) is 3.90. The molecule has 1 aromatic heterocycles. The summed E-state index contributed by atoms with van der Waals surface area (Å²) in [7, 11) is 1.71. The number of nitrogens with zero attached hydrogens (tertiary/aromatic N) is 3. The van der Waals surface area contributed by atoms with E-state index >= 15 is 0 Å². The van der Waals surface area contributed by atoms with Gasteiger partial charge < -0.3 is 9.64 Å². The van der Waals surface area contributed by atoms with E-state index in [4.69, 9.17) is 4.74 Å². The molecule has 0 bridgehead atoms. The number of amides is 1. The standard InChI is InChI=1S/C23H28FN3O2/c1-15-16(2)21(29-3)9-8-19(15)20-6-4-5-18-14-26(11-12-27(18)20)23(28)17-7-10-22(24)25-13-17/h7-10,13,18,20H,4-6,11-12,14H2,1-3H3/t18-,20+/m0/s1. The fourth-order valence-corrected chi connectivity index (χ4v) is 4.85. The Labute approximate surface area is 171 Å². The van der Waals surface area contributed by atoms with E-state index < -0.39 is 5.95 Å². The summed E-state index contributed by atoms with van der Waals surface area (Å²) >= 11 is 0. The van der Waals surface area contributed by atoms with Gasteiger partial charge in [0.1, 0.15) is 5.75 Å². The molecular weight excluding hydrogens is 369 g/mol. The van der Waals surface area contributed by atoms with Crippen molar-refractivity contribution in [3.05, 3.63) is 58.7 Å². The number of hydrogen-bond donors (Lipinski definition) is 0. The fourth-order valence-electron chi connectivity index (χ4n) is 4.85. The quantitative estimate of drug-likeness (QED) is 0.737. The van der Waals surface area contributed by atoms with Crippen molar-refractivity contribution in [3.63, 3.8) is 0 Å². The molecule has 2 saturated heterocycles. The summed E-state index contributed by atoms with van der Waals surface area (Å²) in [5.74, 6) is 0.310. The highest BCUT2D eigenvalue weighted by Crippen LogP contribution is 2.39. The van der Waals surface area contributed by atoms with E-state index in [1.807, 2.05) is 4.90 Å². The maximum atomic E-state index is 13.1. The van der Waals surface area contributed by atoms with Crippen molar-refractivity contribution in [2.24, 2.45) is 0 Å². The van der Waals surface area contributed by atoms with Gasteiger partial charge >= 0.3 is 0 Å². The molecule has 154 valence electrons. The first-order valence-electron chi connectivity index (χ1n) is 10.3. The number of piperazine rings is 1. The van der Waals surface area contributed by atoms with Gasteiger partial charge in [0.25, 0.3) is 5.91 Å². The molecule has 2 aliphatic heterocycles. The molecule has 0 spiro atoms. The van der Waals surface area contributed by atoms with Crippen LogP contribution in [0.25, 0.3) is 0 Å². The highest BCUT2D eigenvalue weighted by molar-refractivity contribution is 5.94. The largest absolute Gasteiger partial charge is 0.496 e. The second-order valence-electron chi connectivity index (χ2n) is 8.07. The fraction of sp³-hybridized carbons (Fsp3) is 0.478. The van der Waals surface area contributed by atoms with E-state index in [2.05, 4.69) is 35.9 Å².